The first kappa shape index (κ1) is 23.0. The summed E-state index contributed by atoms with van der Waals surface area (Å²) in [6.45, 7) is 8.35. The van der Waals surface area contributed by atoms with Crippen LogP contribution in [0.4, 0.5) is 0 Å². The molecule has 0 N–H and O–H groups in total. The molecule has 2 aromatic heterocycles. The lowest BCUT2D eigenvalue weighted by Gasteiger charge is -2.39. The minimum Gasteiger partial charge on any atom is -0.423 e. The molecule has 3 aliphatic heterocycles. The highest BCUT2D eigenvalue weighted by molar-refractivity contribution is 5.92. The molecule has 0 saturated carbocycles. The average molecular weight is 467 g/mol. The summed E-state index contributed by atoms with van der Waals surface area (Å²) in [6.07, 6.45) is 6.47. The molecule has 3 saturated heterocycles. The first-order valence-electron chi connectivity index (χ1n) is 12.5. The maximum Gasteiger partial charge on any atom is 0.272 e. The lowest BCUT2D eigenvalue weighted by atomic mass is 9.76. The van der Waals surface area contributed by atoms with E-state index in [-0.39, 0.29) is 29.2 Å². The number of amides is 2. The van der Waals surface area contributed by atoms with E-state index in [9.17, 15) is 9.59 Å². The maximum absolute atomic E-state index is 13.0. The van der Waals surface area contributed by atoms with Gasteiger partial charge in [0.05, 0.1) is 12.6 Å². The Kier molecular flexibility index (Phi) is 6.38. The first-order valence-corrected chi connectivity index (χ1v) is 12.5. The van der Waals surface area contributed by atoms with Gasteiger partial charge < -0.3 is 14.2 Å². The number of hydrogen-bond acceptors (Lipinski definition) is 7. The van der Waals surface area contributed by atoms with Crippen LogP contribution in [0.15, 0.2) is 28.8 Å². The second-order valence-corrected chi connectivity index (χ2v) is 10.4. The van der Waals surface area contributed by atoms with Crippen molar-refractivity contribution in [2.24, 2.45) is 5.41 Å². The number of aromatic nitrogens is 3. The van der Waals surface area contributed by atoms with E-state index < -0.39 is 0 Å². The van der Waals surface area contributed by atoms with Crippen LogP contribution in [0.3, 0.4) is 0 Å². The number of piperidine rings is 1. The Hall–Kier alpha value is -2.81. The van der Waals surface area contributed by atoms with E-state index >= 15 is 0 Å². The van der Waals surface area contributed by atoms with Crippen LogP contribution < -0.4 is 0 Å². The third kappa shape index (κ3) is 4.58. The van der Waals surface area contributed by atoms with Crippen molar-refractivity contribution in [3.8, 4) is 0 Å². The van der Waals surface area contributed by atoms with Gasteiger partial charge in [-0.1, -0.05) is 19.9 Å². The Bertz CT molecular complexity index is 1010. The van der Waals surface area contributed by atoms with E-state index in [1.807, 2.05) is 35.8 Å². The zero-order valence-corrected chi connectivity index (χ0v) is 20.2. The number of pyridine rings is 1. The summed E-state index contributed by atoms with van der Waals surface area (Å²) in [5.74, 6) is 1.59. The molecule has 182 valence electrons. The van der Waals surface area contributed by atoms with Gasteiger partial charge in [-0.25, -0.2) is 0 Å². The number of likely N-dealkylation sites (tertiary alicyclic amines) is 3. The summed E-state index contributed by atoms with van der Waals surface area (Å²) in [5.41, 5.74) is 0.524. The topological polar surface area (TPSA) is 95.7 Å². The quantitative estimate of drug-likeness (QED) is 0.669. The van der Waals surface area contributed by atoms with Gasteiger partial charge in [0.1, 0.15) is 5.69 Å². The molecule has 2 amide bonds. The molecule has 0 radical (unpaired) electrons. The highest BCUT2D eigenvalue weighted by atomic mass is 16.4. The Morgan fingerprint density at radius 2 is 1.85 bits per heavy atom. The second-order valence-electron chi connectivity index (χ2n) is 10.4. The fourth-order valence-corrected chi connectivity index (χ4v) is 5.61. The van der Waals surface area contributed by atoms with E-state index in [0.717, 1.165) is 51.7 Å². The van der Waals surface area contributed by atoms with Gasteiger partial charge in [-0.05, 0) is 49.7 Å². The minimum absolute atomic E-state index is 0.00968. The van der Waals surface area contributed by atoms with Crippen molar-refractivity contribution in [2.45, 2.75) is 57.9 Å². The number of hydrogen-bond donors (Lipinski definition) is 0. The summed E-state index contributed by atoms with van der Waals surface area (Å²) in [5, 5.41) is 8.63. The monoisotopic (exact) mass is 466 g/mol. The summed E-state index contributed by atoms with van der Waals surface area (Å²) in [4.78, 5) is 36.3. The van der Waals surface area contributed by atoms with Gasteiger partial charge in [-0.3, -0.25) is 19.5 Å². The van der Waals surface area contributed by atoms with Crippen LogP contribution in [0, 0.1) is 5.41 Å². The van der Waals surface area contributed by atoms with Crippen molar-refractivity contribution < 1.29 is 14.0 Å². The van der Waals surface area contributed by atoms with Crippen LogP contribution in [-0.4, -0.2) is 81.0 Å². The SMILES string of the molecule is CC(C)c1nnc(C2CC3(CCN(C(=O)c4ccccn4)CC3)CN2CC(=O)N2CCCC2)o1. The van der Waals surface area contributed by atoms with Gasteiger partial charge in [0.25, 0.3) is 5.91 Å². The number of carbonyl (C=O) groups is 2. The van der Waals surface area contributed by atoms with Gasteiger partial charge in [-0.2, -0.15) is 0 Å². The highest BCUT2D eigenvalue weighted by Crippen LogP contribution is 2.49. The van der Waals surface area contributed by atoms with Crippen molar-refractivity contribution in [3.63, 3.8) is 0 Å². The Morgan fingerprint density at radius 3 is 2.50 bits per heavy atom. The molecule has 1 atom stereocenters. The fourth-order valence-electron chi connectivity index (χ4n) is 5.61. The van der Waals surface area contributed by atoms with Crippen LogP contribution in [0.2, 0.25) is 0 Å². The summed E-state index contributed by atoms with van der Waals surface area (Å²) < 4.78 is 6.06. The first-order chi connectivity index (χ1) is 16.4. The molecule has 5 heterocycles. The second kappa shape index (κ2) is 9.44. The highest BCUT2D eigenvalue weighted by Gasteiger charge is 2.49. The summed E-state index contributed by atoms with van der Waals surface area (Å²) in [6, 6.07) is 5.37. The molecule has 0 bridgehead atoms. The fraction of sp³-hybridized carbons (Fsp3) is 0.640. The van der Waals surface area contributed by atoms with E-state index in [4.69, 9.17) is 4.42 Å². The molecule has 1 unspecified atom stereocenters. The predicted octanol–water partition coefficient (Wildman–Crippen LogP) is 2.88. The molecular weight excluding hydrogens is 432 g/mol. The molecule has 0 aromatic carbocycles. The molecule has 0 aliphatic carbocycles. The Labute approximate surface area is 200 Å². The van der Waals surface area contributed by atoms with E-state index in [2.05, 4.69) is 20.1 Å². The van der Waals surface area contributed by atoms with E-state index in [0.29, 0.717) is 37.1 Å². The van der Waals surface area contributed by atoms with E-state index in [1.165, 1.54) is 0 Å². The van der Waals surface area contributed by atoms with Gasteiger partial charge in [0.2, 0.25) is 17.7 Å². The van der Waals surface area contributed by atoms with Crippen molar-refractivity contribution in [1.82, 2.24) is 29.9 Å². The molecular formula is C25H34N6O3. The third-order valence-electron chi connectivity index (χ3n) is 7.63. The van der Waals surface area contributed by atoms with Crippen LogP contribution in [0.5, 0.6) is 0 Å². The largest absolute Gasteiger partial charge is 0.423 e. The van der Waals surface area contributed by atoms with Gasteiger partial charge >= 0.3 is 0 Å². The third-order valence-corrected chi connectivity index (χ3v) is 7.63. The molecule has 2 aromatic rings. The van der Waals surface area contributed by atoms with Gasteiger partial charge in [0, 0.05) is 44.8 Å². The summed E-state index contributed by atoms with van der Waals surface area (Å²) in [7, 11) is 0. The zero-order chi connectivity index (χ0) is 23.7. The maximum atomic E-state index is 13.0. The van der Waals surface area contributed by atoms with E-state index in [1.54, 1.807) is 12.3 Å². The van der Waals surface area contributed by atoms with Gasteiger partial charge in [-0.15, -0.1) is 10.2 Å². The molecule has 1 spiro atoms. The van der Waals surface area contributed by atoms with Crippen molar-refractivity contribution >= 4 is 11.8 Å². The van der Waals surface area contributed by atoms with Crippen molar-refractivity contribution in [1.29, 1.82) is 0 Å². The number of rotatable bonds is 5. The lowest BCUT2D eigenvalue weighted by molar-refractivity contribution is -0.131. The molecule has 9 nitrogen and oxygen atoms in total. The zero-order valence-electron chi connectivity index (χ0n) is 20.2. The number of carbonyl (C=O) groups excluding carboxylic acids is 2. The minimum atomic E-state index is -0.0652. The molecule has 3 fully saturated rings. The van der Waals surface area contributed by atoms with Crippen LogP contribution in [0.25, 0.3) is 0 Å². The molecule has 3 aliphatic rings. The Balaban J connectivity index is 1.31. The molecule has 9 heteroatoms. The predicted molar refractivity (Wildman–Crippen MR) is 125 cm³/mol. The van der Waals surface area contributed by atoms with Gasteiger partial charge in [0.15, 0.2) is 0 Å². The van der Waals surface area contributed by atoms with Crippen LogP contribution in [0.1, 0.15) is 80.2 Å². The molecule has 34 heavy (non-hydrogen) atoms. The van der Waals surface area contributed by atoms with Crippen LogP contribution >= 0.6 is 0 Å². The van der Waals surface area contributed by atoms with Crippen molar-refractivity contribution in [2.75, 3.05) is 39.3 Å². The average Bonchev–Trinajstić information content (AvgIpc) is 3.60. The molecule has 5 rings (SSSR count). The smallest absolute Gasteiger partial charge is 0.272 e. The lowest BCUT2D eigenvalue weighted by Crippen LogP contribution is -2.45. The number of nitrogens with zero attached hydrogens (tertiary/aromatic N) is 6. The summed E-state index contributed by atoms with van der Waals surface area (Å²) >= 11 is 0. The Morgan fingerprint density at radius 1 is 1.09 bits per heavy atom. The normalized spacial score (nSPS) is 22.7. The standard InChI is InChI=1S/C25H34N6O3/c1-18(2)22-27-28-23(34-22)20-15-25(17-31(20)16-21(32)29-11-5-6-12-29)8-13-30(14-9-25)24(33)19-7-3-4-10-26-19/h3-4,7,10,18,20H,5-6,8-9,11-17H2,1-2H3. The van der Waals surface area contributed by atoms with Crippen molar-refractivity contribution in [3.05, 3.63) is 41.9 Å². The van der Waals surface area contributed by atoms with Crippen LogP contribution in [-0.2, 0) is 4.79 Å².